The Hall–Kier alpha value is 4.41. The van der Waals surface area contributed by atoms with Gasteiger partial charge in [0.15, 0.2) is 0 Å². The van der Waals surface area contributed by atoms with E-state index in [4.69, 9.17) is 0 Å². The van der Waals surface area contributed by atoms with Gasteiger partial charge in [-0.2, -0.15) is 0 Å². The third-order valence-corrected chi connectivity index (χ3v) is 5.29. The van der Waals surface area contributed by atoms with Crippen LogP contribution < -0.4 is 0 Å². The first-order chi connectivity index (χ1) is 7.54. The van der Waals surface area contributed by atoms with Gasteiger partial charge in [-0.15, -0.1) is 0 Å². The minimum absolute atomic E-state index is 0.0237. The summed E-state index contributed by atoms with van der Waals surface area (Å²) in [5.41, 5.74) is 0. The molecule has 0 spiro atoms. The molecule has 0 saturated heterocycles. The summed E-state index contributed by atoms with van der Waals surface area (Å²) in [4.78, 5) is 19.8. The summed E-state index contributed by atoms with van der Waals surface area (Å²) in [5.74, 6) is -0.0474. The first-order valence-electron chi connectivity index (χ1n) is 3.56. The van der Waals surface area contributed by atoms with Crippen LogP contribution in [0.1, 0.15) is 13.8 Å². The number of rotatable bonds is 0. The Morgan fingerprint density at radius 1 is 0.875 bits per heavy atom. The molecule has 12 heteroatoms. The molecule has 0 aromatic carbocycles. The quantitative estimate of drug-likeness (QED) is 0.274. The number of carbonyl (C=O) groups is 2. The molecule has 0 aliphatic heterocycles. The molecule has 0 heterocycles. The first kappa shape index (κ1) is 28.6. The molecule has 0 N–H and O–H groups in total. The number of carbonyl (C=O) groups excluding carboxylic acids is 2. The van der Waals surface area contributed by atoms with E-state index < -0.39 is 27.3 Å². The predicted molar refractivity (Wildman–Crippen MR) is 111 cm³/mol. The van der Waals surface area contributed by atoms with E-state index in [9.17, 15) is 9.59 Å². The molecule has 0 aromatic rings. The number of hydrogen-bond acceptors (Lipinski definition) is 2. The maximum atomic E-state index is 9.91. The Kier molecular flexibility index (Phi) is 56.5. The van der Waals surface area contributed by atoms with Crippen LogP contribution in [-0.2, 0) is 9.59 Å². The standard InChI is InChI=1S/2C2H3NO.4Ga.4HI.4H/c2*1-2(3)4;;;;;;;;;;;;/h2*1H3;;;;;4*1H;;;;/q;;4*+1;;;;;;;;/p-4. The molecule has 0 bridgehead atoms. The van der Waals surface area contributed by atoms with Crippen LogP contribution in [0.2, 0.25) is 0 Å². The van der Waals surface area contributed by atoms with Crippen LogP contribution in [0, 0.1) is 0 Å². The second kappa shape index (κ2) is 31.7. The van der Waals surface area contributed by atoms with E-state index in [0.717, 1.165) is 30.1 Å². The third kappa shape index (κ3) is 51.5. The monoisotopic (exact) mass is 901 g/mol. The fraction of sp³-hybridized carbons (Fsp3) is 0.500. The van der Waals surface area contributed by atoms with Crippen LogP contribution in [-0.4, -0.2) is 69.3 Å². The van der Waals surface area contributed by atoms with Crippen molar-refractivity contribution in [2.24, 2.45) is 7.29 Å². The molecule has 0 fully saturated rings. The fourth-order valence-corrected chi connectivity index (χ4v) is 4.79. The number of amides is 2. The van der Waals surface area contributed by atoms with Crippen LogP contribution in [0.3, 0.4) is 0 Å². The van der Waals surface area contributed by atoms with E-state index in [0.29, 0.717) is 0 Å². The van der Waals surface area contributed by atoms with Crippen LogP contribution >= 0.6 is 78.7 Å². The van der Waals surface area contributed by atoms with Crippen molar-refractivity contribution in [1.82, 2.24) is 0 Å². The summed E-state index contributed by atoms with van der Waals surface area (Å²) >= 11 is 10.1. The Labute approximate surface area is 174 Å². The van der Waals surface area contributed by atoms with Crippen molar-refractivity contribution in [3.05, 3.63) is 0 Å². The Morgan fingerprint density at radius 3 is 1.06 bits per heavy atom. The van der Waals surface area contributed by atoms with Crippen molar-refractivity contribution in [1.29, 1.82) is 0 Å². The Bertz CT molecular complexity index is 194. The van der Waals surface area contributed by atoms with Gasteiger partial charge in [0.2, 0.25) is 0 Å². The molecule has 4 nitrogen and oxygen atoms in total. The topological polar surface area (TPSA) is 58.9 Å². The summed E-state index contributed by atoms with van der Waals surface area (Å²) in [6.45, 7) is 2.96. The van der Waals surface area contributed by atoms with Crippen molar-refractivity contribution in [3.8, 4) is 0 Å². The van der Waals surface area contributed by atoms with Crippen molar-refractivity contribution in [3.63, 3.8) is 0 Å². The van der Waals surface area contributed by atoms with Gasteiger partial charge in [-0.1, -0.05) is 0 Å². The van der Waals surface area contributed by atoms with Crippen LogP contribution in [0.15, 0.2) is 7.29 Å². The normalized spacial score (nSPS) is 6.88. The zero-order valence-electron chi connectivity index (χ0n) is 9.38. The molecular weight excluding hydrogens is 895 g/mol. The summed E-state index contributed by atoms with van der Waals surface area (Å²) in [6.07, 6.45) is 0. The molecule has 2 amide bonds. The van der Waals surface area contributed by atoms with Gasteiger partial charge < -0.3 is 0 Å². The average Bonchev–Trinajstić information content (AvgIpc) is 2.24. The second-order valence-electron chi connectivity index (χ2n) is 1.49. The summed E-state index contributed by atoms with van der Waals surface area (Å²) in [6, 6.07) is 0. The molecule has 0 aromatic heterocycles. The van der Waals surface area contributed by atoms with E-state index in [2.05, 4.69) is 86.0 Å². The molecule has 88 valence electrons. The van der Waals surface area contributed by atoms with E-state index in [-0.39, 0.29) is 11.8 Å². The first-order valence-corrected chi connectivity index (χ1v) is 46.1. The fourth-order valence-electron chi connectivity index (χ4n) is 0.137. The predicted octanol–water partition coefficient (Wildman–Crippen LogP) is 1.48. The molecule has 0 saturated carbocycles. The van der Waals surface area contributed by atoms with Crippen molar-refractivity contribution in [2.45, 2.75) is 13.8 Å². The number of halogens is 4. The van der Waals surface area contributed by atoms with Gasteiger partial charge in [0.25, 0.3) is 0 Å². The van der Waals surface area contributed by atoms with E-state index in [1.165, 1.54) is 13.8 Å². The van der Waals surface area contributed by atoms with E-state index >= 15 is 0 Å². The molecule has 0 unspecified atom stereocenters. The summed E-state index contributed by atoms with van der Waals surface area (Å²) in [5, 5.41) is 0. The van der Waals surface area contributed by atoms with Gasteiger partial charge in [0, 0.05) is 0 Å². The third-order valence-electron chi connectivity index (χ3n) is 0.461. The SMILES string of the molecule is CC(=O)[N]=[Ga][I].CC(=O)[N]=[Ga][I].[GaH2][I].[GaH2][I]. The summed E-state index contributed by atoms with van der Waals surface area (Å²) < 4.78 is 7.26. The second-order valence-corrected chi connectivity index (χ2v) is 9.18. The number of hydrogen-bond donors (Lipinski definition) is 0. The van der Waals surface area contributed by atoms with E-state index in [1.54, 1.807) is 0 Å². The molecule has 0 rings (SSSR count). The van der Waals surface area contributed by atoms with Crippen molar-refractivity contribution >= 4 is 148 Å². The zero-order valence-corrected chi connectivity index (χ0v) is 31.2. The average molecular weight is 905 g/mol. The van der Waals surface area contributed by atoms with Gasteiger partial charge in [-0.3, -0.25) is 0 Å². The van der Waals surface area contributed by atoms with Gasteiger partial charge in [-0.25, -0.2) is 0 Å². The minimum atomic E-state index is -0.509. The molecule has 0 radical (unpaired) electrons. The van der Waals surface area contributed by atoms with Crippen molar-refractivity contribution < 1.29 is 9.59 Å². The molecule has 16 heavy (non-hydrogen) atoms. The van der Waals surface area contributed by atoms with Crippen LogP contribution in [0.25, 0.3) is 0 Å². The zero-order chi connectivity index (χ0) is 14.0. The van der Waals surface area contributed by atoms with Gasteiger partial charge in [0.1, 0.15) is 0 Å². The van der Waals surface area contributed by atoms with Gasteiger partial charge in [0.05, 0.1) is 0 Å². The van der Waals surface area contributed by atoms with Crippen molar-refractivity contribution in [2.75, 3.05) is 0 Å². The molecule has 0 aliphatic rings. The molecule has 0 aliphatic carbocycles. The van der Waals surface area contributed by atoms with Crippen LogP contribution in [0.4, 0.5) is 0 Å². The van der Waals surface area contributed by atoms with Gasteiger partial charge in [-0.05, 0) is 0 Å². The Balaban J connectivity index is -0.0000000686. The molecule has 0 atom stereocenters. The van der Waals surface area contributed by atoms with Crippen LogP contribution in [0.5, 0.6) is 0 Å². The van der Waals surface area contributed by atoms with E-state index in [1.807, 2.05) is 0 Å². The Morgan fingerprint density at radius 2 is 1.06 bits per heavy atom. The van der Waals surface area contributed by atoms with Gasteiger partial charge >= 0.3 is 179 Å². The summed E-state index contributed by atoms with van der Waals surface area (Å²) in [7, 11) is 0. The number of nitrogens with zero attached hydrogens (tertiary/aromatic N) is 2. The molecular formula is C4H10Ga4I4N2O2. The maximum absolute atomic E-state index is 9.91.